The van der Waals surface area contributed by atoms with Crippen LogP contribution in [0.15, 0.2) is 24.3 Å². The molecule has 0 bridgehead atoms. The Bertz CT molecular complexity index is 525. The molecule has 0 radical (unpaired) electrons. The van der Waals surface area contributed by atoms with Gasteiger partial charge in [-0.25, -0.2) is 0 Å². The molecule has 1 aliphatic heterocycles. The lowest BCUT2D eigenvalue weighted by Gasteiger charge is -2.22. The third kappa shape index (κ3) is 4.94. The first kappa shape index (κ1) is 17.8. The fourth-order valence-electron chi connectivity index (χ4n) is 2.73. The summed E-state index contributed by atoms with van der Waals surface area (Å²) in [6, 6.07) is 8.02. The normalized spacial score (nSPS) is 21.2. The molecule has 2 atom stereocenters. The van der Waals surface area contributed by atoms with Gasteiger partial charge in [-0.05, 0) is 29.9 Å². The van der Waals surface area contributed by atoms with Crippen molar-refractivity contribution in [2.45, 2.75) is 51.2 Å². The van der Waals surface area contributed by atoms with Gasteiger partial charge < -0.3 is 20.5 Å². The Morgan fingerprint density at radius 1 is 1.35 bits per heavy atom. The lowest BCUT2D eigenvalue weighted by molar-refractivity contribution is -0.131. The quantitative estimate of drug-likeness (QED) is 0.786. The first-order valence-corrected chi connectivity index (χ1v) is 8.27. The highest BCUT2D eigenvalue weighted by Gasteiger charge is 2.29. The summed E-state index contributed by atoms with van der Waals surface area (Å²) in [5.74, 6) is 0.795. The van der Waals surface area contributed by atoms with E-state index in [-0.39, 0.29) is 23.5 Å². The standard InChI is InChI=1S/C18H28N2O3/c1-18(2,3)14-6-4-5-7-15(14)22-11-10-20-17(21)16-9-8-13(12-19)23-16/h4-7,13,16H,8-12,19H2,1-3H3,(H,20,21)/t13-,16+/m1/s1. The van der Waals surface area contributed by atoms with Gasteiger partial charge in [0.25, 0.3) is 0 Å². The van der Waals surface area contributed by atoms with E-state index in [1.807, 2.05) is 18.2 Å². The highest BCUT2D eigenvalue weighted by molar-refractivity contribution is 5.81. The lowest BCUT2D eigenvalue weighted by atomic mass is 9.86. The SMILES string of the molecule is CC(C)(C)c1ccccc1OCCNC(=O)[C@@H]1CC[C@H](CN)O1. The van der Waals surface area contributed by atoms with E-state index in [1.165, 1.54) is 0 Å². The molecule has 0 aliphatic carbocycles. The molecule has 5 nitrogen and oxygen atoms in total. The maximum absolute atomic E-state index is 12.0. The van der Waals surface area contributed by atoms with Crippen LogP contribution in [0, 0.1) is 0 Å². The highest BCUT2D eigenvalue weighted by Crippen LogP contribution is 2.30. The second-order valence-electron chi connectivity index (χ2n) is 6.95. The summed E-state index contributed by atoms with van der Waals surface area (Å²) in [5.41, 5.74) is 6.74. The largest absolute Gasteiger partial charge is 0.491 e. The number of hydrogen-bond donors (Lipinski definition) is 2. The van der Waals surface area contributed by atoms with Gasteiger partial charge in [-0.3, -0.25) is 4.79 Å². The monoisotopic (exact) mass is 320 g/mol. The van der Waals surface area contributed by atoms with E-state index in [0.29, 0.717) is 19.7 Å². The number of hydrogen-bond acceptors (Lipinski definition) is 4. The van der Waals surface area contributed by atoms with Gasteiger partial charge in [0, 0.05) is 6.54 Å². The lowest BCUT2D eigenvalue weighted by Crippen LogP contribution is -2.37. The van der Waals surface area contributed by atoms with Crippen LogP contribution < -0.4 is 15.8 Å². The van der Waals surface area contributed by atoms with Crippen molar-refractivity contribution in [3.8, 4) is 5.75 Å². The highest BCUT2D eigenvalue weighted by atomic mass is 16.5. The van der Waals surface area contributed by atoms with Gasteiger partial charge in [0.1, 0.15) is 18.5 Å². The number of carbonyl (C=O) groups is 1. The van der Waals surface area contributed by atoms with Crippen molar-refractivity contribution < 1.29 is 14.3 Å². The summed E-state index contributed by atoms with van der Waals surface area (Å²) >= 11 is 0. The Hall–Kier alpha value is -1.59. The average Bonchev–Trinajstić information content (AvgIpc) is 3.00. The Labute approximate surface area is 138 Å². The molecule has 1 saturated heterocycles. The van der Waals surface area contributed by atoms with E-state index >= 15 is 0 Å². The van der Waals surface area contributed by atoms with Crippen LogP contribution in [0.2, 0.25) is 0 Å². The maximum Gasteiger partial charge on any atom is 0.249 e. The maximum atomic E-state index is 12.0. The molecule has 1 aromatic rings. The van der Waals surface area contributed by atoms with Crippen LogP contribution in [0.4, 0.5) is 0 Å². The summed E-state index contributed by atoms with van der Waals surface area (Å²) in [7, 11) is 0. The molecule has 1 aliphatic rings. The van der Waals surface area contributed by atoms with E-state index < -0.39 is 0 Å². The molecule has 1 amide bonds. The van der Waals surface area contributed by atoms with Crippen LogP contribution in [-0.4, -0.2) is 37.8 Å². The first-order valence-electron chi connectivity index (χ1n) is 8.27. The molecule has 128 valence electrons. The molecule has 0 unspecified atom stereocenters. The summed E-state index contributed by atoms with van der Waals surface area (Å²) in [5, 5.41) is 2.87. The molecule has 23 heavy (non-hydrogen) atoms. The Kier molecular flexibility index (Phi) is 6.02. The number of para-hydroxylation sites is 1. The van der Waals surface area contributed by atoms with Gasteiger partial charge in [-0.1, -0.05) is 39.0 Å². The topological polar surface area (TPSA) is 73.6 Å². The zero-order chi connectivity index (χ0) is 16.9. The van der Waals surface area contributed by atoms with E-state index in [2.05, 4.69) is 32.2 Å². The number of benzene rings is 1. The number of ether oxygens (including phenoxy) is 2. The van der Waals surface area contributed by atoms with Crippen molar-refractivity contribution in [2.24, 2.45) is 5.73 Å². The smallest absolute Gasteiger partial charge is 0.249 e. The van der Waals surface area contributed by atoms with Gasteiger partial charge >= 0.3 is 0 Å². The van der Waals surface area contributed by atoms with Crippen molar-refractivity contribution in [3.05, 3.63) is 29.8 Å². The van der Waals surface area contributed by atoms with E-state index in [4.69, 9.17) is 15.2 Å². The van der Waals surface area contributed by atoms with Crippen molar-refractivity contribution >= 4 is 5.91 Å². The van der Waals surface area contributed by atoms with Gasteiger partial charge in [-0.2, -0.15) is 0 Å². The minimum atomic E-state index is -0.370. The number of rotatable bonds is 6. The molecule has 0 spiro atoms. The van der Waals surface area contributed by atoms with Crippen LogP contribution in [-0.2, 0) is 14.9 Å². The zero-order valence-electron chi connectivity index (χ0n) is 14.3. The molecule has 0 aromatic heterocycles. The summed E-state index contributed by atoms with van der Waals surface area (Å²) in [6.07, 6.45) is 1.23. The number of nitrogens with one attached hydrogen (secondary N) is 1. The second kappa shape index (κ2) is 7.79. The molecule has 2 rings (SSSR count). The van der Waals surface area contributed by atoms with Gasteiger partial charge in [0.15, 0.2) is 0 Å². The van der Waals surface area contributed by atoms with Crippen LogP contribution in [0.5, 0.6) is 5.75 Å². The minimum absolute atomic E-state index is 0.0145. The predicted octanol–water partition coefficient (Wildman–Crippen LogP) is 1.99. The van der Waals surface area contributed by atoms with Crippen LogP contribution >= 0.6 is 0 Å². The van der Waals surface area contributed by atoms with E-state index in [9.17, 15) is 4.79 Å². The van der Waals surface area contributed by atoms with Crippen LogP contribution in [0.1, 0.15) is 39.2 Å². The Balaban J connectivity index is 1.77. The molecule has 1 heterocycles. The molecule has 5 heteroatoms. The summed E-state index contributed by atoms with van der Waals surface area (Å²) in [4.78, 5) is 12.0. The molecule has 3 N–H and O–H groups in total. The second-order valence-corrected chi connectivity index (χ2v) is 6.95. The van der Waals surface area contributed by atoms with E-state index in [0.717, 1.165) is 24.2 Å². The first-order chi connectivity index (χ1) is 10.9. The molecular weight excluding hydrogens is 292 g/mol. The average molecular weight is 320 g/mol. The van der Waals surface area contributed by atoms with Crippen LogP contribution in [0.25, 0.3) is 0 Å². The molecule has 1 aromatic carbocycles. The number of nitrogens with two attached hydrogens (primary N) is 1. The van der Waals surface area contributed by atoms with Crippen molar-refractivity contribution in [1.82, 2.24) is 5.32 Å². The molecule has 1 fully saturated rings. The van der Waals surface area contributed by atoms with Crippen molar-refractivity contribution in [3.63, 3.8) is 0 Å². The fraction of sp³-hybridized carbons (Fsp3) is 0.611. The van der Waals surface area contributed by atoms with Gasteiger partial charge in [-0.15, -0.1) is 0 Å². The number of carbonyl (C=O) groups excluding carboxylic acids is 1. The summed E-state index contributed by atoms with van der Waals surface area (Å²) in [6.45, 7) is 7.83. The zero-order valence-corrected chi connectivity index (χ0v) is 14.3. The summed E-state index contributed by atoms with van der Waals surface area (Å²) < 4.78 is 11.4. The third-order valence-corrected chi connectivity index (χ3v) is 4.02. The Morgan fingerprint density at radius 2 is 2.09 bits per heavy atom. The number of amides is 1. The van der Waals surface area contributed by atoms with Gasteiger partial charge in [0.05, 0.1) is 12.6 Å². The minimum Gasteiger partial charge on any atom is -0.491 e. The van der Waals surface area contributed by atoms with Crippen LogP contribution in [0.3, 0.4) is 0 Å². The predicted molar refractivity (Wildman–Crippen MR) is 90.6 cm³/mol. The Morgan fingerprint density at radius 3 is 2.74 bits per heavy atom. The van der Waals surface area contributed by atoms with Crippen molar-refractivity contribution in [1.29, 1.82) is 0 Å². The molecular formula is C18H28N2O3. The molecule has 0 saturated carbocycles. The fourth-order valence-corrected chi connectivity index (χ4v) is 2.73. The third-order valence-electron chi connectivity index (χ3n) is 4.02. The van der Waals surface area contributed by atoms with E-state index in [1.54, 1.807) is 0 Å². The van der Waals surface area contributed by atoms with Crippen molar-refractivity contribution in [2.75, 3.05) is 19.7 Å². The van der Waals surface area contributed by atoms with Gasteiger partial charge in [0.2, 0.25) is 5.91 Å².